The number of aryl methyl sites for hydroxylation is 3. The van der Waals surface area contributed by atoms with Crippen LogP contribution < -0.4 is 10.9 Å². The van der Waals surface area contributed by atoms with E-state index in [9.17, 15) is 9.59 Å². The Morgan fingerprint density at radius 1 is 1.12 bits per heavy atom. The lowest BCUT2D eigenvalue weighted by molar-refractivity contribution is -0.113. The molecule has 0 radical (unpaired) electrons. The lowest BCUT2D eigenvalue weighted by Crippen LogP contribution is -2.23. The molecule has 4 rings (SSSR count). The molecule has 1 N–H and O–H groups in total. The molecule has 2 aromatic heterocycles. The first-order valence-electron chi connectivity index (χ1n) is 11.0. The first-order chi connectivity index (χ1) is 16.0. The SMILES string of the molecule is CCCCc1ccc(-n2c(SCC(=O)Nc3cc(C)nn3C)nc3ccccc3c2=O)cc1. The minimum absolute atomic E-state index is 0.115. The summed E-state index contributed by atoms with van der Waals surface area (Å²) >= 11 is 1.24. The molecular weight excluding hydrogens is 434 g/mol. The second-order valence-electron chi connectivity index (χ2n) is 7.95. The van der Waals surface area contributed by atoms with Crippen LogP contribution in [0.4, 0.5) is 5.82 Å². The van der Waals surface area contributed by atoms with Crippen molar-refractivity contribution in [3.8, 4) is 5.69 Å². The van der Waals surface area contributed by atoms with Crippen LogP contribution in [0.2, 0.25) is 0 Å². The van der Waals surface area contributed by atoms with Crippen LogP contribution in [0.1, 0.15) is 31.0 Å². The van der Waals surface area contributed by atoms with E-state index in [0.29, 0.717) is 21.9 Å². The number of anilines is 1. The zero-order valence-corrected chi connectivity index (χ0v) is 19.9. The maximum atomic E-state index is 13.4. The predicted molar refractivity (Wildman–Crippen MR) is 133 cm³/mol. The van der Waals surface area contributed by atoms with E-state index in [1.165, 1.54) is 17.3 Å². The maximum Gasteiger partial charge on any atom is 0.266 e. The third kappa shape index (κ3) is 5.17. The van der Waals surface area contributed by atoms with Crippen LogP contribution in [0.25, 0.3) is 16.6 Å². The molecular formula is C25H27N5O2S. The van der Waals surface area contributed by atoms with Gasteiger partial charge in [0.05, 0.1) is 28.0 Å². The van der Waals surface area contributed by atoms with Gasteiger partial charge in [-0.1, -0.05) is 49.4 Å². The third-order valence-electron chi connectivity index (χ3n) is 5.36. The van der Waals surface area contributed by atoms with Gasteiger partial charge in [-0.2, -0.15) is 5.10 Å². The zero-order chi connectivity index (χ0) is 23.4. The van der Waals surface area contributed by atoms with Crippen LogP contribution in [0.15, 0.2) is 64.5 Å². The number of amides is 1. The van der Waals surface area contributed by atoms with Gasteiger partial charge in [-0.05, 0) is 49.6 Å². The molecule has 0 bridgehead atoms. The van der Waals surface area contributed by atoms with E-state index in [-0.39, 0.29) is 17.2 Å². The summed E-state index contributed by atoms with van der Waals surface area (Å²) < 4.78 is 3.22. The molecule has 2 aromatic carbocycles. The zero-order valence-electron chi connectivity index (χ0n) is 19.0. The second-order valence-corrected chi connectivity index (χ2v) is 8.90. The fraction of sp³-hybridized carbons (Fsp3) is 0.280. The van der Waals surface area contributed by atoms with Gasteiger partial charge in [-0.15, -0.1) is 0 Å². The molecule has 0 fully saturated rings. The van der Waals surface area contributed by atoms with E-state index in [1.54, 1.807) is 22.4 Å². The van der Waals surface area contributed by atoms with Crippen molar-refractivity contribution in [2.75, 3.05) is 11.1 Å². The van der Waals surface area contributed by atoms with Crippen molar-refractivity contribution < 1.29 is 4.79 Å². The van der Waals surface area contributed by atoms with Gasteiger partial charge >= 0.3 is 0 Å². The van der Waals surface area contributed by atoms with Crippen molar-refractivity contribution in [2.24, 2.45) is 7.05 Å². The van der Waals surface area contributed by atoms with Crippen molar-refractivity contribution in [3.05, 3.63) is 76.2 Å². The number of fused-ring (bicyclic) bond motifs is 1. The molecule has 0 spiro atoms. The van der Waals surface area contributed by atoms with Gasteiger partial charge in [-0.25, -0.2) is 4.98 Å². The number of nitrogens with one attached hydrogen (secondary N) is 1. The van der Waals surface area contributed by atoms with Crippen LogP contribution >= 0.6 is 11.8 Å². The van der Waals surface area contributed by atoms with Crippen LogP contribution in [-0.2, 0) is 18.3 Å². The fourth-order valence-corrected chi connectivity index (χ4v) is 4.48. The highest BCUT2D eigenvalue weighted by molar-refractivity contribution is 7.99. The van der Waals surface area contributed by atoms with E-state index in [0.717, 1.165) is 30.6 Å². The molecule has 1 amide bonds. The van der Waals surface area contributed by atoms with E-state index < -0.39 is 0 Å². The number of aromatic nitrogens is 4. The number of rotatable bonds is 8. The Hall–Kier alpha value is -3.39. The number of thioether (sulfide) groups is 1. The standard InChI is InChI=1S/C25H27N5O2S/c1-4-5-8-18-11-13-19(14-12-18)30-24(32)20-9-6-7-10-21(20)26-25(30)33-16-23(31)27-22-15-17(2)28-29(22)3/h6-7,9-15H,4-5,8,16H2,1-3H3,(H,27,31). The Balaban J connectivity index is 1.64. The van der Waals surface area contributed by atoms with Crippen molar-refractivity contribution in [1.82, 2.24) is 19.3 Å². The molecule has 2 heterocycles. The number of nitrogens with zero attached hydrogens (tertiary/aromatic N) is 4. The highest BCUT2D eigenvalue weighted by atomic mass is 32.2. The maximum absolute atomic E-state index is 13.4. The molecule has 0 saturated carbocycles. The Labute approximate surface area is 196 Å². The molecule has 0 saturated heterocycles. The Bertz CT molecular complexity index is 1340. The Kier molecular flexibility index (Phi) is 6.93. The topological polar surface area (TPSA) is 81.8 Å². The molecule has 0 aliphatic heterocycles. The quantitative estimate of drug-likeness (QED) is 0.309. The van der Waals surface area contributed by atoms with Crippen molar-refractivity contribution in [3.63, 3.8) is 0 Å². The average Bonchev–Trinajstić information content (AvgIpc) is 3.13. The van der Waals surface area contributed by atoms with Crippen LogP contribution in [0, 0.1) is 6.92 Å². The molecule has 7 nitrogen and oxygen atoms in total. The summed E-state index contributed by atoms with van der Waals surface area (Å²) in [5.74, 6) is 0.556. The fourth-order valence-electron chi connectivity index (χ4n) is 3.67. The molecule has 0 atom stereocenters. The molecule has 33 heavy (non-hydrogen) atoms. The second kappa shape index (κ2) is 10.0. The summed E-state index contributed by atoms with van der Waals surface area (Å²) in [5.41, 5.74) is 3.27. The molecule has 4 aromatic rings. The van der Waals surface area contributed by atoms with Gasteiger partial charge < -0.3 is 5.32 Å². The minimum Gasteiger partial charge on any atom is -0.310 e. The number of hydrogen-bond acceptors (Lipinski definition) is 5. The summed E-state index contributed by atoms with van der Waals surface area (Å²) in [6.45, 7) is 4.04. The van der Waals surface area contributed by atoms with Gasteiger partial charge in [0.1, 0.15) is 5.82 Å². The monoisotopic (exact) mass is 461 g/mol. The smallest absolute Gasteiger partial charge is 0.266 e. The number of para-hydroxylation sites is 1. The van der Waals surface area contributed by atoms with Crippen LogP contribution in [0.3, 0.4) is 0 Å². The van der Waals surface area contributed by atoms with Crippen molar-refractivity contribution in [1.29, 1.82) is 0 Å². The number of unbranched alkanes of at least 4 members (excludes halogenated alkanes) is 1. The van der Waals surface area contributed by atoms with Gasteiger partial charge in [-0.3, -0.25) is 18.8 Å². The van der Waals surface area contributed by atoms with Crippen molar-refractivity contribution in [2.45, 2.75) is 38.3 Å². The van der Waals surface area contributed by atoms with E-state index in [1.807, 2.05) is 43.3 Å². The summed E-state index contributed by atoms with van der Waals surface area (Å²) in [6.07, 6.45) is 3.27. The highest BCUT2D eigenvalue weighted by Gasteiger charge is 2.15. The molecule has 0 unspecified atom stereocenters. The van der Waals surface area contributed by atoms with Gasteiger partial charge in [0.25, 0.3) is 5.56 Å². The molecule has 170 valence electrons. The summed E-state index contributed by atoms with van der Waals surface area (Å²) in [5, 5.41) is 8.14. The number of carbonyl (C=O) groups is 1. The predicted octanol–water partition coefficient (Wildman–Crippen LogP) is 4.50. The third-order valence-corrected chi connectivity index (χ3v) is 6.30. The lowest BCUT2D eigenvalue weighted by atomic mass is 10.1. The Morgan fingerprint density at radius 3 is 2.58 bits per heavy atom. The summed E-state index contributed by atoms with van der Waals surface area (Å²) in [7, 11) is 1.78. The van der Waals surface area contributed by atoms with Gasteiger partial charge in [0, 0.05) is 13.1 Å². The van der Waals surface area contributed by atoms with E-state index >= 15 is 0 Å². The normalized spacial score (nSPS) is 11.1. The number of carbonyl (C=O) groups excluding carboxylic acids is 1. The minimum atomic E-state index is -0.188. The van der Waals surface area contributed by atoms with Crippen molar-refractivity contribution >= 4 is 34.4 Å². The first kappa shape index (κ1) is 22.8. The van der Waals surface area contributed by atoms with Gasteiger partial charge in [0.2, 0.25) is 5.91 Å². The highest BCUT2D eigenvalue weighted by Crippen LogP contribution is 2.22. The van der Waals surface area contributed by atoms with E-state index in [4.69, 9.17) is 4.98 Å². The van der Waals surface area contributed by atoms with Gasteiger partial charge in [0.15, 0.2) is 5.16 Å². The molecule has 8 heteroatoms. The lowest BCUT2D eigenvalue weighted by Gasteiger charge is -2.14. The number of hydrogen-bond donors (Lipinski definition) is 1. The molecule has 0 aliphatic carbocycles. The first-order valence-corrected chi connectivity index (χ1v) is 12.0. The van der Waals surface area contributed by atoms with Crippen LogP contribution in [-0.4, -0.2) is 31.0 Å². The largest absolute Gasteiger partial charge is 0.310 e. The molecule has 0 aliphatic rings. The van der Waals surface area contributed by atoms with E-state index in [2.05, 4.69) is 29.5 Å². The summed E-state index contributed by atoms with van der Waals surface area (Å²) in [6, 6.07) is 17.1. The average molecular weight is 462 g/mol. The Morgan fingerprint density at radius 2 is 1.88 bits per heavy atom. The number of benzene rings is 2. The van der Waals surface area contributed by atoms with Crippen LogP contribution in [0.5, 0.6) is 0 Å². The summed E-state index contributed by atoms with van der Waals surface area (Å²) in [4.78, 5) is 30.7.